The highest BCUT2D eigenvalue weighted by atomic mass is 19.4. The van der Waals surface area contributed by atoms with E-state index in [0.717, 1.165) is 12.3 Å². The van der Waals surface area contributed by atoms with Gasteiger partial charge in [-0.2, -0.15) is 13.2 Å². The van der Waals surface area contributed by atoms with Crippen molar-refractivity contribution >= 4 is 6.29 Å². The van der Waals surface area contributed by atoms with Crippen LogP contribution in [-0.2, 0) is 11.0 Å². The molecule has 0 aliphatic rings. The van der Waals surface area contributed by atoms with Crippen molar-refractivity contribution in [3.05, 3.63) is 29.6 Å². The summed E-state index contributed by atoms with van der Waals surface area (Å²) in [7, 11) is 0. The molecule has 0 spiro atoms. The van der Waals surface area contributed by atoms with E-state index in [1.807, 2.05) is 0 Å². The van der Waals surface area contributed by atoms with Gasteiger partial charge in [0.1, 0.15) is 12.0 Å². The van der Waals surface area contributed by atoms with Gasteiger partial charge in [0.05, 0.1) is 0 Å². The Bertz CT molecular complexity index is 318. The van der Waals surface area contributed by atoms with E-state index >= 15 is 0 Å². The van der Waals surface area contributed by atoms with Crippen molar-refractivity contribution in [2.75, 3.05) is 0 Å². The minimum absolute atomic E-state index is 0.426. The maximum absolute atomic E-state index is 12.1. The van der Waals surface area contributed by atoms with E-state index in [1.54, 1.807) is 6.92 Å². The van der Waals surface area contributed by atoms with Gasteiger partial charge < -0.3 is 4.79 Å². The molecule has 0 aliphatic carbocycles. The van der Waals surface area contributed by atoms with E-state index in [9.17, 15) is 18.0 Å². The number of aldehydes is 1. The Morgan fingerprint density at radius 1 is 1.43 bits per heavy atom. The Morgan fingerprint density at radius 2 is 2.07 bits per heavy atom. The Labute approximate surface area is 78.8 Å². The molecule has 0 saturated carbocycles. The van der Waals surface area contributed by atoms with Crippen LogP contribution in [0.4, 0.5) is 13.2 Å². The zero-order valence-corrected chi connectivity index (χ0v) is 7.38. The number of alkyl halides is 3. The number of carbonyl (C=O) groups is 1. The monoisotopic (exact) mass is 203 g/mol. The van der Waals surface area contributed by atoms with Crippen LogP contribution in [0.15, 0.2) is 18.3 Å². The van der Waals surface area contributed by atoms with Gasteiger partial charge in [0.25, 0.3) is 0 Å². The molecule has 0 fully saturated rings. The van der Waals surface area contributed by atoms with Gasteiger partial charge in [-0.25, -0.2) is 0 Å². The average Bonchev–Trinajstić information content (AvgIpc) is 2.15. The van der Waals surface area contributed by atoms with Crippen LogP contribution >= 0.6 is 0 Å². The normalized spacial score (nSPS) is 13.7. The minimum Gasteiger partial charge on any atom is -0.303 e. The van der Waals surface area contributed by atoms with Gasteiger partial charge in [-0.05, 0) is 11.6 Å². The summed E-state index contributed by atoms with van der Waals surface area (Å²) in [6, 6.07) is 2.13. The molecule has 0 amide bonds. The van der Waals surface area contributed by atoms with Crippen LogP contribution in [0.1, 0.15) is 24.1 Å². The number of aromatic nitrogens is 1. The number of halogens is 3. The van der Waals surface area contributed by atoms with Gasteiger partial charge in [0.2, 0.25) is 0 Å². The van der Waals surface area contributed by atoms with Gasteiger partial charge >= 0.3 is 6.18 Å². The van der Waals surface area contributed by atoms with Crippen LogP contribution in [0.25, 0.3) is 0 Å². The Kier molecular flexibility index (Phi) is 2.88. The fourth-order valence-corrected chi connectivity index (χ4v) is 0.921. The van der Waals surface area contributed by atoms with Crippen LogP contribution < -0.4 is 0 Å². The molecule has 0 radical (unpaired) electrons. The molecule has 5 heteroatoms. The molecule has 0 N–H and O–H groups in total. The lowest BCUT2D eigenvalue weighted by atomic mass is 10.1. The molecule has 1 heterocycles. The van der Waals surface area contributed by atoms with Crippen LogP contribution in [0.5, 0.6) is 0 Å². The first-order chi connectivity index (χ1) is 6.45. The molecule has 0 aromatic carbocycles. The van der Waals surface area contributed by atoms with Crippen molar-refractivity contribution in [3.8, 4) is 0 Å². The maximum Gasteiger partial charge on any atom is 0.433 e. The summed E-state index contributed by atoms with van der Waals surface area (Å²) in [6.45, 7) is 1.59. The summed E-state index contributed by atoms with van der Waals surface area (Å²) in [5.41, 5.74) is -0.465. The fraction of sp³-hybridized carbons (Fsp3) is 0.333. The molecule has 76 valence electrons. The third kappa shape index (κ3) is 2.31. The predicted octanol–water partition coefficient (Wildman–Crippen LogP) is 2.40. The summed E-state index contributed by atoms with van der Waals surface area (Å²) in [4.78, 5) is 13.6. The van der Waals surface area contributed by atoms with E-state index in [4.69, 9.17) is 0 Å². The predicted molar refractivity (Wildman–Crippen MR) is 43.7 cm³/mol. The fourth-order valence-electron chi connectivity index (χ4n) is 0.921. The van der Waals surface area contributed by atoms with Crippen LogP contribution in [0, 0.1) is 0 Å². The molecule has 1 rings (SSSR count). The Balaban J connectivity index is 2.95. The first-order valence-electron chi connectivity index (χ1n) is 3.93. The molecule has 0 aliphatic heterocycles. The number of pyridine rings is 1. The molecule has 1 unspecified atom stereocenters. The van der Waals surface area contributed by atoms with Crippen LogP contribution in [-0.4, -0.2) is 11.3 Å². The molecule has 1 aromatic heterocycles. The van der Waals surface area contributed by atoms with E-state index < -0.39 is 17.8 Å². The van der Waals surface area contributed by atoms with Gasteiger partial charge in [0, 0.05) is 12.1 Å². The summed E-state index contributed by atoms with van der Waals surface area (Å²) in [5.74, 6) is -0.426. The van der Waals surface area contributed by atoms with E-state index in [-0.39, 0.29) is 0 Å². The summed E-state index contributed by atoms with van der Waals surface area (Å²) >= 11 is 0. The molecule has 2 nitrogen and oxygen atoms in total. The molecule has 0 saturated heterocycles. The lowest BCUT2D eigenvalue weighted by Gasteiger charge is -2.07. The minimum atomic E-state index is -4.43. The van der Waals surface area contributed by atoms with Crippen molar-refractivity contribution in [1.82, 2.24) is 4.98 Å². The van der Waals surface area contributed by atoms with Crippen LogP contribution in [0.3, 0.4) is 0 Å². The van der Waals surface area contributed by atoms with E-state index in [1.165, 1.54) is 6.07 Å². The molecule has 1 atom stereocenters. The highest BCUT2D eigenvalue weighted by molar-refractivity contribution is 5.60. The largest absolute Gasteiger partial charge is 0.433 e. The van der Waals surface area contributed by atoms with Crippen molar-refractivity contribution in [1.29, 1.82) is 0 Å². The zero-order chi connectivity index (χ0) is 10.8. The standard InChI is InChI=1S/C9H8F3NO/c1-6(5-14)7-2-3-8(13-4-7)9(10,11)12/h2-6H,1H3. The SMILES string of the molecule is CC(C=O)c1ccc(C(F)(F)F)nc1. The molecule has 1 aromatic rings. The number of rotatable bonds is 2. The molecular formula is C9H8F3NO. The first kappa shape index (κ1) is 10.7. The highest BCUT2D eigenvalue weighted by Gasteiger charge is 2.32. The van der Waals surface area contributed by atoms with Gasteiger partial charge in [-0.15, -0.1) is 0 Å². The smallest absolute Gasteiger partial charge is 0.303 e. The number of hydrogen-bond donors (Lipinski definition) is 0. The highest BCUT2D eigenvalue weighted by Crippen LogP contribution is 2.27. The Morgan fingerprint density at radius 3 is 2.43 bits per heavy atom. The van der Waals surface area contributed by atoms with Gasteiger partial charge in [0.15, 0.2) is 0 Å². The maximum atomic E-state index is 12.1. The second kappa shape index (κ2) is 3.77. The quantitative estimate of drug-likeness (QED) is 0.691. The first-order valence-corrected chi connectivity index (χ1v) is 3.93. The van der Waals surface area contributed by atoms with Crippen molar-refractivity contribution in [2.24, 2.45) is 0 Å². The summed E-state index contributed by atoms with van der Waals surface area (Å²) < 4.78 is 36.2. The molecule has 0 bridgehead atoms. The topological polar surface area (TPSA) is 30.0 Å². The van der Waals surface area contributed by atoms with Gasteiger partial charge in [-0.3, -0.25) is 4.98 Å². The van der Waals surface area contributed by atoms with Crippen molar-refractivity contribution in [2.45, 2.75) is 19.0 Å². The number of carbonyl (C=O) groups excluding carboxylic acids is 1. The molecule has 14 heavy (non-hydrogen) atoms. The average molecular weight is 203 g/mol. The zero-order valence-electron chi connectivity index (χ0n) is 7.38. The summed E-state index contributed by atoms with van der Waals surface area (Å²) in [5, 5.41) is 0. The second-order valence-corrected chi connectivity index (χ2v) is 2.90. The van der Waals surface area contributed by atoms with Gasteiger partial charge in [-0.1, -0.05) is 13.0 Å². The molecular weight excluding hydrogens is 195 g/mol. The third-order valence-electron chi connectivity index (χ3n) is 1.81. The summed E-state index contributed by atoms with van der Waals surface area (Å²) in [6.07, 6.45) is -2.70. The van der Waals surface area contributed by atoms with E-state index in [0.29, 0.717) is 11.8 Å². The Hall–Kier alpha value is -1.39. The van der Waals surface area contributed by atoms with Crippen molar-refractivity contribution in [3.63, 3.8) is 0 Å². The van der Waals surface area contributed by atoms with Crippen molar-refractivity contribution < 1.29 is 18.0 Å². The van der Waals surface area contributed by atoms with Crippen LogP contribution in [0.2, 0.25) is 0 Å². The third-order valence-corrected chi connectivity index (χ3v) is 1.81. The second-order valence-electron chi connectivity index (χ2n) is 2.90. The number of nitrogens with zero attached hydrogens (tertiary/aromatic N) is 1. The lowest BCUT2D eigenvalue weighted by Crippen LogP contribution is -2.08. The number of hydrogen-bond acceptors (Lipinski definition) is 2. The van der Waals surface area contributed by atoms with E-state index in [2.05, 4.69) is 4.98 Å². The lowest BCUT2D eigenvalue weighted by molar-refractivity contribution is -0.141.